The molecule has 1 aliphatic rings. The quantitative estimate of drug-likeness (QED) is 0.369. The van der Waals surface area contributed by atoms with Gasteiger partial charge in [-0.05, 0) is 37.3 Å². The van der Waals surface area contributed by atoms with Gasteiger partial charge in [0, 0.05) is 55.8 Å². The van der Waals surface area contributed by atoms with Crippen LogP contribution in [0.25, 0.3) is 0 Å². The number of carbonyl (C=O) groups excluding carboxylic acids is 1. The summed E-state index contributed by atoms with van der Waals surface area (Å²) in [5.74, 6) is 0.959. The van der Waals surface area contributed by atoms with Crippen LogP contribution in [0.1, 0.15) is 22.8 Å². The number of piperazine rings is 1. The molecule has 0 aliphatic carbocycles. The molecule has 1 saturated heterocycles. The van der Waals surface area contributed by atoms with E-state index in [1.54, 1.807) is 53.7 Å². The molecule has 34 heavy (non-hydrogen) atoms. The minimum Gasteiger partial charge on any atom is -0.490 e. The third-order valence-corrected chi connectivity index (χ3v) is 5.59. The van der Waals surface area contributed by atoms with E-state index in [-0.39, 0.29) is 16.5 Å². The number of hydrogen-bond acceptors (Lipinski definition) is 7. The lowest BCUT2D eigenvalue weighted by atomic mass is 10.1. The third kappa shape index (κ3) is 5.25. The molecule has 176 valence electrons. The van der Waals surface area contributed by atoms with Crippen molar-refractivity contribution in [1.29, 1.82) is 0 Å². The molecule has 0 saturated carbocycles. The molecule has 9 heteroatoms. The number of anilines is 1. The van der Waals surface area contributed by atoms with Crippen molar-refractivity contribution in [2.75, 3.05) is 37.7 Å². The predicted octanol–water partition coefficient (Wildman–Crippen LogP) is 3.93. The molecule has 4 rings (SSSR count). The largest absolute Gasteiger partial charge is 0.490 e. The van der Waals surface area contributed by atoms with Crippen molar-refractivity contribution in [3.63, 3.8) is 0 Å². The third-order valence-electron chi connectivity index (χ3n) is 5.59. The number of rotatable bonds is 8. The molecular weight excluding hydrogens is 436 g/mol. The molecule has 0 N–H and O–H groups in total. The van der Waals surface area contributed by atoms with E-state index < -0.39 is 0 Å². The molecule has 0 radical (unpaired) electrons. The van der Waals surface area contributed by atoms with Gasteiger partial charge < -0.3 is 19.3 Å². The number of para-hydroxylation sites is 2. The van der Waals surface area contributed by atoms with E-state index in [4.69, 9.17) is 9.47 Å². The van der Waals surface area contributed by atoms with Crippen LogP contribution in [0.5, 0.6) is 11.5 Å². The van der Waals surface area contributed by atoms with E-state index in [0.29, 0.717) is 62.1 Å². The Labute approximate surface area is 197 Å². The van der Waals surface area contributed by atoms with Gasteiger partial charge in [0.25, 0.3) is 11.6 Å². The van der Waals surface area contributed by atoms with Gasteiger partial charge in [-0.1, -0.05) is 18.2 Å². The van der Waals surface area contributed by atoms with Crippen molar-refractivity contribution in [2.24, 2.45) is 0 Å². The number of nitrogens with zero attached hydrogens (tertiary/aromatic N) is 4. The van der Waals surface area contributed by atoms with Crippen LogP contribution in [-0.4, -0.2) is 53.5 Å². The van der Waals surface area contributed by atoms with Crippen molar-refractivity contribution < 1.29 is 19.2 Å². The average molecular weight is 463 g/mol. The molecule has 2 heterocycles. The van der Waals surface area contributed by atoms with Gasteiger partial charge in [-0.3, -0.25) is 19.9 Å². The normalized spacial score (nSPS) is 13.4. The Bertz CT molecular complexity index is 1150. The number of ether oxygens (including phenoxy) is 2. The summed E-state index contributed by atoms with van der Waals surface area (Å²) in [6.07, 6.45) is 3.44. The maximum atomic E-state index is 13.2. The summed E-state index contributed by atoms with van der Waals surface area (Å²) >= 11 is 0. The standard InChI is InChI=1S/C25H26N4O5/c1-2-33-24-16-20(9-10-23(24)34-18-19-6-5-11-26-17-19)25(30)28-14-12-27(13-15-28)21-7-3-4-8-22(21)29(31)32/h3-11,16-17H,2,12-15,18H2,1H3. The molecule has 9 nitrogen and oxygen atoms in total. The van der Waals surface area contributed by atoms with Crippen molar-refractivity contribution in [1.82, 2.24) is 9.88 Å². The summed E-state index contributed by atoms with van der Waals surface area (Å²) in [6.45, 7) is 4.62. The number of benzene rings is 2. The number of carbonyl (C=O) groups is 1. The zero-order valence-corrected chi connectivity index (χ0v) is 18.9. The first-order valence-corrected chi connectivity index (χ1v) is 11.1. The smallest absolute Gasteiger partial charge is 0.292 e. The molecule has 1 aromatic heterocycles. The summed E-state index contributed by atoms with van der Waals surface area (Å²) in [5.41, 5.74) is 2.09. The molecule has 0 atom stereocenters. The highest BCUT2D eigenvalue weighted by molar-refractivity contribution is 5.95. The fourth-order valence-electron chi connectivity index (χ4n) is 3.89. The Morgan fingerprint density at radius 3 is 2.53 bits per heavy atom. The summed E-state index contributed by atoms with van der Waals surface area (Å²) in [7, 11) is 0. The SMILES string of the molecule is CCOc1cc(C(=O)N2CCN(c3ccccc3[N+](=O)[O-])CC2)ccc1OCc1cccnc1. The molecule has 1 amide bonds. The molecule has 0 bridgehead atoms. The maximum Gasteiger partial charge on any atom is 0.292 e. The molecule has 0 unspecified atom stereocenters. The molecule has 3 aromatic rings. The lowest BCUT2D eigenvalue weighted by Gasteiger charge is -2.35. The molecule has 1 fully saturated rings. The van der Waals surface area contributed by atoms with Gasteiger partial charge >= 0.3 is 0 Å². The van der Waals surface area contributed by atoms with Gasteiger partial charge in [-0.2, -0.15) is 0 Å². The van der Waals surface area contributed by atoms with E-state index >= 15 is 0 Å². The summed E-state index contributed by atoms with van der Waals surface area (Å²) in [6, 6.07) is 15.6. The highest BCUT2D eigenvalue weighted by Gasteiger charge is 2.26. The van der Waals surface area contributed by atoms with Crippen LogP contribution in [0, 0.1) is 10.1 Å². The van der Waals surface area contributed by atoms with Gasteiger partial charge in [0.05, 0.1) is 11.5 Å². The zero-order chi connectivity index (χ0) is 23.9. The second kappa shape index (κ2) is 10.7. The molecule has 1 aliphatic heterocycles. The van der Waals surface area contributed by atoms with Crippen molar-refractivity contribution in [3.05, 3.63) is 88.2 Å². The summed E-state index contributed by atoms with van der Waals surface area (Å²) in [5, 5.41) is 11.4. The number of nitro groups is 1. The number of aromatic nitrogens is 1. The van der Waals surface area contributed by atoms with Crippen LogP contribution < -0.4 is 14.4 Å². The number of amides is 1. The fourth-order valence-corrected chi connectivity index (χ4v) is 3.89. The Balaban J connectivity index is 1.43. The minimum atomic E-state index is -0.375. The number of pyridine rings is 1. The molecular formula is C25H26N4O5. The zero-order valence-electron chi connectivity index (χ0n) is 18.9. The van der Waals surface area contributed by atoms with E-state index in [9.17, 15) is 14.9 Å². The highest BCUT2D eigenvalue weighted by atomic mass is 16.6. The second-order valence-electron chi connectivity index (χ2n) is 7.77. The molecule has 0 spiro atoms. The first-order valence-electron chi connectivity index (χ1n) is 11.1. The van der Waals surface area contributed by atoms with Crippen LogP contribution in [0.2, 0.25) is 0 Å². The summed E-state index contributed by atoms with van der Waals surface area (Å²) in [4.78, 5) is 31.9. The van der Waals surface area contributed by atoms with Gasteiger partial charge in [0.15, 0.2) is 11.5 Å². The lowest BCUT2D eigenvalue weighted by molar-refractivity contribution is -0.384. The Kier molecular flexibility index (Phi) is 7.22. The first-order chi connectivity index (χ1) is 16.6. The van der Waals surface area contributed by atoms with E-state index in [1.807, 2.05) is 24.0 Å². The van der Waals surface area contributed by atoms with Gasteiger partial charge in [-0.25, -0.2) is 0 Å². The number of nitro benzene ring substituents is 1. The van der Waals surface area contributed by atoms with Crippen molar-refractivity contribution in [2.45, 2.75) is 13.5 Å². The van der Waals surface area contributed by atoms with Crippen LogP contribution >= 0.6 is 0 Å². The van der Waals surface area contributed by atoms with Crippen LogP contribution in [-0.2, 0) is 6.61 Å². The highest BCUT2D eigenvalue weighted by Crippen LogP contribution is 2.31. The Morgan fingerprint density at radius 2 is 1.82 bits per heavy atom. The van der Waals surface area contributed by atoms with Crippen LogP contribution in [0.15, 0.2) is 67.0 Å². The van der Waals surface area contributed by atoms with Crippen molar-refractivity contribution >= 4 is 17.3 Å². The molecule has 2 aromatic carbocycles. The maximum absolute atomic E-state index is 13.2. The summed E-state index contributed by atoms with van der Waals surface area (Å²) < 4.78 is 11.6. The fraction of sp³-hybridized carbons (Fsp3) is 0.280. The Hall–Kier alpha value is -4.14. The van der Waals surface area contributed by atoms with E-state index in [2.05, 4.69) is 4.98 Å². The van der Waals surface area contributed by atoms with E-state index in [0.717, 1.165) is 5.56 Å². The average Bonchev–Trinajstić information content (AvgIpc) is 2.88. The van der Waals surface area contributed by atoms with Gasteiger partial charge in [0.2, 0.25) is 0 Å². The van der Waals surface area contributed by atoms with Crippen LogP contribution in [0.3, 0.4) is 0 Å². The monoisotopic (exact) mass is 462 g/mol. The van der Waals surface area contributed by atoms with Crippen LogP contribution in [0.4, 0.5) is 11.4 Å². The lowest BCUT2D eigenvalue weighted by Crippen LogP contribution is -2.49. The van der Waals surface area contributed by atoms with Gasteiger partial charge in [0.1, 0.15) is 12.3 Å². The second-order valence-corrected chi connectivity index (χ2v) is 7.77. The first kappa shape index (κ1) is 23.0. The Morgan fingerprint density at radius 1 is 1.03 bits per heavy atom. The minimum absolute atomic E-state index is 0.0745. The topological polar surface area (TPSA) is 98.0 Å². The van der Waals surface area contributed by atoms with E-state index in [1.165, 1.54) is 6.07 Å². The van der Waals surface area contributed by atoms with Crippen molar-refractivity contribution in [3.8, 4) is 11.5 Å². The number of hydrogen-bond donors (Lipinski definition) is 0. The predicted molar refractivity (Wildman–Crippen MR) is 127 cm³/mol. The van der Waals surface area contributed by atoms with Gasteiger partial charge in [-0.15, -0.1) is 0 Å².